The number of para-hydroxylation sites is 1. The molecular formula is C21H20N4O3S. The van der Waals surface area contributed by atoms with Gasteiger partial charge in [-0.25, -0.2) is 4.79 Å². The summed E-state index contributed by atoms with van der Waals surface area (Å²) in [5.41, 5.74) is 2.27. The summed E-state index contributed by atoms with van der Waals surface area (Å²) >= 11 is 1.14. The molecule has 4 amide bonds. The molecule has 1 aromatic heterocycles. The van der Waals surface area contributed by atoms with Gasteiger partial charge in [0.05, 0.1) is 21.1 Å². The number of hydrogen-bond acceptors (Lipinski definition) is 4. The summed E-state index contributed by atoms with van der Waals surface area (Å²) < 4.78 is 0. The van der Waals surface area contributed by atoms with E-state index in [2.05, 4.69) is 21.3 Å². The van der Waals surface area contributed by atoms with Crippen LogP contribution in [0.5, 0.6) is 0 Å². The number of urea groups is 1. The summed E-state index contributed by atoms with van der Waals surface area (Å²) in [6.07, 6.45) is 0. The van der Waals surface area contributed by atoms with Crippen LogP contribution >= 0.6 is 11.3 Å². The lowest BCUT2D eigenvalue weighted by Gasteiger charge is -2.12. The predicted octanol–water partition coefficient (Wildman–Crippen LogP) is 4.31. The fourth-order valence-corrected chi connectivity index (χ4v) is 3.50. The third kappa shape index (κ3) is 4.99. The number of anilines is 3. The summed E-state index contributed by atoms with van der Waals surface area (Å²) in [7, 11) is 1.54. The minimum Gasteiger partial charge on any atom is -0.355 e. The Morgan fingerprint density at radius 1 is 0.793 bits per heavy atom. The summed E-state index contributed by atoms with van der Waals surface area (Å²) in [5, 5.41) is 11.3. The van der Waals surface area contributed by atoms with E-state index in [9.17, 15) is 14.4 Å². The molecule has 148 valence electrons. The average molecular weight is 408 g/mol. The second kappa shape index (κ2) is 9.03. The summed E-state index contributed by atoms with van der Waals surface area (Å²) in [6.45, 7) is 1.80. The van der Waals surface area contributed by atoms with Gasteiger partial charge in [0.2, 0.25) is 0 Å². The normalized spacial score (nSPS) is 10.1. The van der Waals surface area contributed by atoms with Gasteiger partial charge in [0, 0.05) is 12.7 Å². The fourth-order valence-electron chi connectivity index (χ4n) is 2.71. The first-order chi connectivity index (χ1) is 14.0. The molecule has 0 aliphatic heterocycles. The van der Waals surface area contributed by atoms with Crippen molar-refractivity contribution in [3.8, 4) is 0 Å². The number of thiophene rings is 1. The molecule has 0 aliphatic carbocycles. The maximum absolute atomic E-state index is 12.6. The van der Waals surface area contributed by atoms with Crippen LogP contribution in [0.3, 0.4) is 0 Å². The maximum atomic E-state index is 12.6. The monoisotopic (exact) mass is 408 g/mol. The summed E-state index contributed by atoms with van der Waals surface area (Å²) in [6, 6.07) is 17.2. The van der Waals surface area contributed by atoms with Gasteiger partial charge in [-0.2, -0.15) is 0 Å². The first kappa shape index (κ1) is 20.1. The van der Waals surface area contributed by atoms with E-state index in [1.54, 1.807) is 49.4 Å². The van der Waals surface area contributed by atoms with Crippen LogP contribution in [0.4, 0.5) is 21.2 Å². The van der Waals surface area contributed by atoms with Crippen LogP contribution in [0.25, 0.3) is 0 Å². The van der Waals surface area contributed by atoms with Gasteiger partial charge in [-0.05, 0) is 42.8 Å². The molecular weight excluding hydrogens is 388 g/mol. The third-order valence-electron chi connectivity index (χ3n) is 4.07. The molecule has 0 saturated carbocycles. The lowest BCUT2D eigenvalue weighted by atomic mass is 10.1. The number of hydrogen-bond donors (Lipinski definition) is 4. The molecule has 0 fully saturated rings. The first-order valence-corrected chi connectivity index (χ1v) is 9.65. The van der Waals surface area contributed by atoms with Gasteiger partial charge >= 0.3 is 6.03 Å². The van der Waals surface area contributed by atoms with Gasteiger partial charge in [0.25, 0.3) is 11.8 Å². The summed E-state index contributed by atoms with van der Waals surface area (Å²) in [5.74, 6) is -0.633. The van der Waals surface area contributed by atoms with Crippen LogP contribution in [0.15, 0.2) is 60.7 Å². The largest absolute Gasteiger partial charge is 0.355 e. The Kier molecular flexibility index (Phi) is 6.25. The smallest absolute Gasteiger partial charge is 0.324 e. The molecule has 8 heteroatoms. The fraction of sp³-hybridized carbons (Fsp3) is 0.0952. The molecule has 7 nitrogen and oxygen atoms in total. The molecule has 4 N–H and O–H groups in total. The minimum absolute atomic E-state index is 0.274. The van der Waals surface area contributed by atoms with Gasteiger partial charge < -0.3 is 16.0 Å². The van der Waals surface area contributed by atoms with E-state index < -0.39 is 6.03 Å². The molecule has 0 bridgehead atoms. The number of carbonyl (C=O) groups excluding carboxylic acids is 3. The number of aryl methyl sites for hydroxylation is 1. The van der Waals surface area contributed by atoms with E-state index in [4.69, 9.17) is 0 Å². The van der Waals surface area contributed by atoms with Crippen molar-refractivity contribution in [2.45, 2.75) is 6.92 Å². The van der Waals surface area contributed by atoms with Crippen LogP contribution in [0.1, 0.15) is 25.6 Å². The Labute approximate surface area is 172 Å². The van der Waals surface area contributed by atoms with Crippen molar-refractivity contribution in [2.24, 2.45) is 0 Å². The highest BCUT2D eigenvalue weighted by atomic mass is 32.1. The molecule has 3 rings (SSSR count). The average Bonchev–Trinajstić information content (AvgIpc) is 3.17. The van der Waals surface area contributed by atoms with Gasteiger partial charge in [-0.3, -0.25) is 14.9 Å². The van der Waals surface area contributed by atoms with Crippen LogP contribution < -0.4 is 21.3 Å². The predicted molar refractivity (Wildman–Crippen MR) is 116 cm³/mol. The van der Waals surface area contributed by atoms with Crippen molar-refractivity contribution in [3.05, 3.63) is 76.7 Å². The van der Waals surface area contributed by atoms with E-state index in [1.807, 2.05) is 18.2 Å². The first-order valence-electron chi connectivity index (χ1n) is 8.84. The van der Waals surface area contributed by atoms with Crippen molar-refractivity contribution in [1.29, 1.82) is 0 Å². The van der Waals surface area contributed by atoms with Crippen molar-refractivity contribution in [1.82, 2.24) is 5.32 Å². The third-order valence-corrected chi connectivity index (χ3v) is 5.07. The Morgan fingerprint density at radius 2 is 1.55 bits per heavy atom. The van der Waals surface area contributed by atoms with Crippen LogP contribution in [0, 0.1) is 6.92 Å². The zero-order valence-corrected chi connectivity index (χ0v) is 16.7. The quantitative estimate of drug-likeness (QED) is 0.506. The second-order valence-electron chi connectivity index (χ2n) is 6.14. The van der Waals surface area contributed by atoms with Gasteiger partial charge in [-0.1, -0.05) is 30.3 Å². The highest BCUT2D eigenvalue weighted by Crippen LogP contribution is 2.25. The van der Waals surface area contributed by atoms with Gasteiger partial charge in [0.1, 0.15) is 0 Å². The van der Waals surface area contributed by atoms with Crippen LogP contribution in [0.2, 0.25) is 0 Å². The van der Waals surface area contributed by atoms with E-state index >= 15 is 0 Å². The highest BCUT2D eigenvalue weighted by Gasteiger charge is 2.17. The molecule has 29 heavy (non-hydrogen) atoms. The topological polar surface area (TPSA) is 99.3 Å². The van der Waals surface area contributed by atoms with E-state index in [0.29, 0.717) is 26.8 Å². The molecule has 2 aromatic carbocycles. The van der Waals surface area contributed by atoms with E-state index in [1.165, 1.54) is 7.05 Å². The molecule has 0 unspecified atom stereocenters. The number of nitrogens with one attached hydrogen (secondary N) is 4. The molecule has 0 atom stereocenters. The van der Waals surface area contributed by atoms with Crippen molar-refractivity contribution in [3.63, 3.8) is 0 Å². The molecule has 0 spiro atoms. The Hall–Kier alpha value is -3.65. The zero-order valence-electron chi connectivity index (χ0n) is 15.9. The maximum Gasteiger partial charge on any atom is 0.324 e. The summed E-state index contributed by atoms with van der Waals surface area (Å²) in [4.78, 5) is 37.2. The number of amides is 4. The van der Waals surface area contributed by atoms with Crippen LogP contribution in [-0.2, 0) is 0 Å². The van der Waals surface area contributed by atoms with Crippen molar-refractivity contribution >= 4 is 45.6 Å². The SMILES string of the molecule is CNC(=O)c1c(C)cccc1NC(=O)c1ccc(NC(=O)Nc2ccccc2)s1. The lowest BCUT2D eigenvalue weighted by molar-refractivity contribution is 0.0963. The van der Waals surface area contributed by atoms with Gasteiger partial charge in [-0.15, -0.1) is 11.3 Å². The standard InChI is InChI=1S/C21H20N4O3S/c1-13-7-6-10-15(18(13)20(27)22-2)24-19(26)16-11-12-17(29-16)25-21(28)23-14-8-4-3-5-9-14/h3-12H,1-2H3,(H,22,27)(H,24,26)(H2,23,25,28). The Bertz CT molecular complexity index is 1050. The molecule has 0 radical (unpaired) electrons. The van der Waals surface area contributed by atoms with Crippen molar-refractivity contribution < 1.29 is 14.4 Å². The Morgan fingerprint density at radius 3 is 2.28 bits per heavy atom. The Balaban J connectivity index is 1.68. The van der Waals surface area contributed by atoms with Crippen molar-refractivity contribution in [2.75, 3.05) is 23.0 Å². The number of benzene rings is 2. The molecule has 0 aliphatic rings. The molecule has 0 saturated heterocycles. The molecule has 1 heterocycles. The van der Waals surface area contributed by atoms with E-state index in [-0.39, 0.29) is 11.8 Å². The lowest BCUT2D eigenvalue weighted by Crippen LogP contribution is -2.22. The zero-order chi connectivity index (χ0) is 20.8. The highest BCUT2D eigenvalue weighted by molar-refractivity contribution is 7.18. The molecule has 3 aromatic rings. The van der Waals surface area contributed by atoms with E-state index in [0.717, 1.165) is 16.9 Å². The van der Waals surface area contributed by atoms with Gasteiger partial charge in [0.15, 0.2) is 0 Å². The van der Waals surface area contributed by atoms with Crippen LogP contribution in [-0.4, -0.2) is 24.9 Å². The minimum atomic E-state index is -0.398. The number of rotatable bonds is 5. The second-order valence-corrected chi connectivity index (χ2v) is 7.22. The number of carbonyl (C=O) groups is 3.